The van der Waals surface area contributed by atoms with E-state index >= 15 is 0 Å². The van der Waals surface area contributed by atoms with Crippen molar-refractivity contribution in [3.05, 3.63) is 23.8 Å². The number of carbonyl (C=O) groups is 1. The lowest BCUT2D eigenvalue weighted by atomic mass is 10.0. The van der Waals surface area contributed by atoms with Gasteiger partial charge in [0.25, 0.3) is 0 Å². The van der Waals surface area contributed by atoms with E-state index in [0.29, 0.717) is 24.0 Å². The van der Waals surface area contributed by atoms with E-state index in [1.54, 1.807) is 25.1 Å². The van der Waals surface area contributed by atoms with Crippen molar-refractivity contribution in [1.82, 2.24) is 5.32 Å². The van der Waals surface area contributed by atoms with E-state index in [-0.39, 0.29) is 0 Å². The van der Waals surface area contributed by atoms with E-state index in [1.807, 2.05) is 0 Å². The number of benzene rings is 1. The molecule has 1 rings (SSSR count). The number of amides is 1. The van der Waals surface area contributed by atoms with Crippen molar-refractivity contribution in [2.45, 2.75) is 38.1 Å². The zero-order valence-electron chi connectivity index (χ0n) is 13.3. The van der Waals surface area contributed by atoms with Crippen LogP contribution in [0.15, 0.2) is 18.2 Å². The Morgan fingerprint density at radius 1 is 1.30 bits per heavy atom. The number of methoxy groups -OCH3 is 2. The molecule has 130 valence electrons. The van der Waals surface area contributed by atoms with Crippen LogP contribution in [0.2, 0.25) is 0 Å². The molecule has 0 fully saturated rings. The first-order valence-corrected chi connectivity index (χ1v) is 6.82. The zero-order valence-corrected chi connectivity index (χ0v) is 13.3. The monoisotopic (exact) mass is 335 g/mol. The highest BCUT2D eigenvalue weighted by atomic mass is 19.4. The van der Waals surface area contributed by atoms with Gasteiger partial charge >= 0.3 is 6.18 Å². The van der Waals surface area contributed by atoms with Gasteiger partial charge in [-0.25, -0.2) is 0 Å². The Morgan fingerprint density at radius 2 is 1.91 bits per heavy atom. The smallest absolute Gasteiger partial charge is 0.417 e. The van der Waals surface area contributed by atoms with E-state index in [0.717, 1.165) is 0 Å². The molecule has 1 aromatic rings. The van der Waals surface area contributed by atoms with E-state index in [4.69, 9.17) is 9.47 Å². The lowest BCUT2D eigenvalue weighted by molar-refractivity contribution is -0.253. The molecule has 2 N–H and O–H groups in total. The van der Waals surface area contributed by atoms with Gasteiger partial charge in [-0.2, -0.15) is 13.2 Å². The number of aliphatic hydroxyl groups is 1. The highest BCUT2D eigenvalue weighted by Crippen LogP contribution is 2.33. The highest BCUT2D eigenvalue weighted by molar-refractivity contribution is 5.77. The third kappa shape index (κ3) is 4.75. The van der Waals surface area contributed by atoms with Crippen LogP contribution in [-0.2, 0) is 4.79 Å². The summed E-state index contributed by atoms with van der Waals surface area (Å²) in [6.45, 7) is 2.15. The standard InChI is InChI=1S/C15H20F3NO4/c1-9(11-7-10(22-3)5-6-12(11)23-4)19-13(20)8-14(2,21)15(16,17)18/h5-7,9,21H,8H2,1-4H3,(H,19,20)/t9-,14+/m1/s1. The maximum absolute atomic E-state index is 12.6. The molecule has 0 bridgehead atoms. The van der Waals surface area contributed by atoms with Crippen LogP contribution in [0.4, 0.5) is 13.2 Å². The average Bonchev–Trinajstić information content (AvgIpc) is 2.44. The number of alkyl halides is 3. The van der Waals surface area contributed by atoms with Gasteiger partial charge in [0.2, 0.25) is 5.91 Å². The Kier molecular flexibility index (Phi) is 5.87. The normalized spacial score (nSPS) is 15.5. The van der Waals surface area contributed by atoms with Gasteiger partial charge in [0, 0.05) is 5.56 Å². The maximum atomic E-state index is 12.6. The molecule has 0 aliphatic heterocycles. The minimum atomic E-state index is -4.89. The average molecular weight is 335 g/mol. The molecule has 2 atom stereocenters. The van der Waals surface area contributed by atoms with Gasteiger partial charge in [-0.15, -0.1) is 0 Å². The van der Waals surface area contributed by atoms with Crippen LogP contribution < -0.4 is 14.8 Å². The van der Waals surface area contributed by atoms with Crippen LogP contribution in [0.5, 0.6) is 11.5 Å². The number of carbonyl (C=O) groups excluding carboxylic acids is 1. The van der Waals surface area contributed by atoms with Gasteiger partial charge in [0.1, 0.15) is 11.5 Å². The molecule has 0 radical (unpaired) electrons. The number of halogens is 3. The fourth-order valence-corrected chi connectivity index (χ4v) is 1.96. The van der Waals surface area contributed by atoms with Gasteiger partial charge in [-0.1, -0.05) is 0 Å². The molecule has 1 aromatic carbocycles. The highest BCUT2D eigenvalue weighted by Gasteiger charge is 2.51. The molecule has 8 heteroatoms. The van der Waals surface area contributed by atoms with Crippen molar-refractivity contribution < 1.29 is 32.5 Å². The lowest BCUT2D eigenvalue weighted by Crippen LogP contribution is -2.46. The Hall–Kier alpha value is -1.96. The summed E-state index contributed by atoms with van der Waals surface area (Å²) in [5, 5.41) is 11.8. The molecular weight excluding hydrogens is 315 g/mol. The SMILES string of the molecule is COc1ccc(OC)c([C@@H](C)NC(=O)C[C@](C)(O)C(F)(F)F)c1. The summed E-state index contributed by atoms with van der Waals surface area (Å²) < 4.78 is 48.1. The van der Waals surface area contributed by atoms with Crippen LogP contribution in [0.1, 0.15) is 31.9 Å². The van der Waals surface area contributed by atoms with E-state index in [2.05, 4.69) is 5.32 Å². The van der Waals surface area contributed by atoms with Crippen molar-refractivity contribution in [3.63, 3.8) is 0 Å². The number of ether oxygens (including phenoxy) is 2. The molecule has 0 aliphatic carbocycles. The molecule has 0 heterocycles. The van der Waals surface area contributed by atoms with Crippen molar-refractivity contribution >= 4 is 5.91 Å². The summed E-state index contributed by atoms with van der Waals surface area (Å²) in [6.07, 6.45) is -5.98. The van der Waals surface area contributed by atoms with Crippen molar-refractivity contribution in [2.75, 3.05) is 14.2 Å². The summed E-state index contributed by atoms with van der Waals surface area (Å²) in [4.78, 5) is 11.8. The molecule has 0 saturated carbocycles. The third-order valence-corrected chi connectivity index (χ3v) is 3.40. The summed E-state index contributed by atoms with van der Waals surface area (Å²) in [5.41, 5.74) is -2.54. The summed E-state index contributed by atoms with van der Waals surface area (Å²) in [5.74, 6) is 0.0510. The minimum Gasteiger partial charge on any atom is -0.497 e. The van der Waals surface area contributed by atoms with E-state index < -0.39 is 30.1 Å². The fourth-order valence-electron chi connectivity index (χ4n) is 1.96. The molecular formula is C15H20F3NO4. The van der Waals surface area contributed by atoms with Gasteiger partial charge in [0.05, 0.1) is 26.7 Å². The molecule has 0 aliphatic rings. The largest absolute Gasteiger partial charge is 0.497 e. The van der Waals surface area contributed by atoms with Crippen LogP contribution in [-0.4, -0.2) is 37.0 Å². The molecule has 0 aromatic heterocycles. The third-order valence-electron chi connectivity index (χ3n) is 3.40. The van der Waals surface area contributed by atoms with Crippen LogP contribution in [0.25, 0.3) is 0 Å². The zero-order chi connectivity index (χ0) is 17.8. The topological polar surface area (TPSA) is 67.8 Å². The van der Waals surface area contributed by atoms with Gasteiger partial charge in [-0.3, -0.25) is 4.79 Å². The second-order valence-corrected chi connectivity index (χ2v) is 5.35. The molecule has 1 amide bonds. The predicted molar refractivity (Wildman–Crippen MR) is 77.4 cm³/mol. The van der Waals surface area contributed by atoms with E-state index in [9.17, 15) is 23.1 Å². The second-order valence-electron chi connectivity index (χ2n) is 5.35. The molecule has 0 spiro atoms. The van der Waals surface area contributed by atoms with Crippen LogP contribution in [0, 0.1) is 0 Å². The first-order chi connectivity index (χ1) is 10.5. The van der Waals surface area contributed by atoms with Gasteiger partial charge < -0.3 is 19.9 Å². The van der Waals surface area contributed by atoms with Gasteiger partial charge in [-0.05, 0) is 32.0 Å². The molecule has 23 heavy (non-hydrogen) atoms. The molecule has 0 saturated heterocycles. The molecule has 5 nitrogen and oxygen atoms in total. The minimum absolute atomic E-state index is 0.459. The summed E-state index contributed by atoms with van der Waals surface area (Å²) in [6, 6.07) is 4.27. The first-order valence-electron chi connectivity index (χ1n) is 6.82. The van der Waals surface area contributed by atoms with Crippen molar-refractivity contribution in [1.29, 1.82) is 0 Å². The Labute approximate surface area is 132 Å². The quantitative estimate of drug-likeness (QED) is 0.838. The molecule has 0 unspecified atom stereocenters. The number of nitrogens with one attached hydrogen (secondary N) is 1. The number of hydrogen-bond donors (Lipinski definition) is 2. The van der Waals surface area contributed by atoms with Crippen molar-refractivity contribution in [2.24, 2.45) is 0 Å². The fraction of sp³-hybridized carbons (Fsp3) is 0.533. The van der Waals surface area contributed by atoms with Crippen molar-refractivity contribution in [3.8, 4) is 11.5 Å². The van der Waals surface area contributed by atoms with Crippen LogP contribution in [0.3, 0.4) is 0 Å². The van der Waals surface area contributed by atoms with Gasteiger partial charge in [0.15, 0.2) is 5.60 Å². The predicted octanol–water partition coefficient (Wildman–Crippen LogP) is 2.58. The number of hydrogen-bond acceptors (Lipinski definition) is 4. The Morgan fingerprint density at radius 3 is 2.39 bits per heavy atom. The first kappa shape index (κ1) is 19.1. The lowest BCUT2D eigenvalue weighted by Gasteiger charge is -2.26. The maximum Gasteiger partial charge on any atom is 0.417 e. The second kappa shape index (κ2) is 7.08. The summed E-state index contributed by atoms with van der Waals surface area (Å²) >= 11 is 0. The van der Waals surface area contributed by atoms with Crippen LogP contribution >= 0.6 is 0 Å². The number of rotatable bonds is 6. The Bertz CT molecular complexity index is 558. The van der Waals surface area contributed by atoms with E-state index in [1.165, 1.54) is 14.2 Å². The summed E-state index contributed by atoms with van der Waals surface area (Å²) in [7, 11) is 2.91. The Balaban J connectivity index is 2.87.